The number of phenols is 1. The van der Waals surface area contributed by atoms with Gasteiger partial charge in [-0.05, 0) is 16.8 Å². The molecule has 0 aliphatic carbocycles. The number of aromatic hydroxyl groups is 1. The van der Waals surface area contributed by atoms with Crippen LogP contribution >= 0.6 is 0 Å². The third-order valence-electron chi connectivity index (χ3n) is 4.27. The summed E-state index contributed by atoms with van der Waals surface area (Å²) in [7, 11) is 0. The summed E-state index contributed by atoms with van der Waals surface area (Å²) in [5.74, 6) is 0.275. The Kier molecular flexibility index (Phi) is 3.76. The number of rotatable bonds is 2. The quantitative estimate of drug-likeness (QED) is 0.552. The van der Waals surface area contributed by atoms with Crippen LogP contribution in [0.1, 0.15) is 32.0 Å². The fourth-order valence-corrected chi connectivity index (χ4v) is 2.89. The molecule has 27 heavy (non-hydrogen) atoms. The molecule has 8 heteroatoms. The van der Waals surface area contributed by atoms with Gasteiger partial charge in [0.2, 0.25) is 0 Å². The minimum Gasteiger partial charge on any atom is -0.507 e. The Hall–Kier alpha value is -3.55. The van der Waals surface area contributed by atoms with Crippen LogP contribution in [-0.2, 0) is 5.41 Å². The van der Waals surface area contributed by atoms with Crippen molar-refractivity contribution in [2.24, 2.45) is 5.10 Å². The normalized spacial score (nSPS) is 12.4. The van der Waals surface area contributed by atoms with Gasteiger partial charge in [-0.25, -0.2) is 0 Å². The number of hydrogen-bond acceptors (Lipinski definition) is 6. The molecule has 0 saturated carbocycles. The molecule has 136 valence electrons. The van der Waals surface area contributed by atoms with Gasteiger partial charge in [0.05, 0.1) is 6.21 Å². The van der Waals surface area contributed by atoms with Gasteiger partial charge < -0.3 is 5.11 Å². The Balaban J connectivity index is 1.95. The number of fused-ring (bicyclic) bond motifs is 2. The highest BCUT2D eigenvalue weighted by Gasteiger charge is 2.23. The zero-order valence-electron chi connectivity index (χ0n) is 15.2. The Labute approximate surface area is 154 Å². The van der Waals surface area contributed by atoms with Crippen LogP contribution in [0.25, 0.3) is 16.6 Å². The lowest BCUT2D eigenvalue weighted by molar-refractivity contribution is 0.475. The van der Waals surface area contributed by atoms with Crippen molar-refractivity contribution in [1.82, 2.24) is 24.5 Å². The smallest absolute Gasteiger partial charge is 0.298 e. The molecule has 0 aliphatic rings. The summed E-state index contributed by atoms with van der Waals surface area (Å²) in [6, 6.07) is 11.1. The zero-order valence-corrected chi connectivity index (χ0v) is 15.2. The summed E-state index contributed by atoms with van der Waals surface area (Å²) in [6.07, 6.45) is 2.88. The van der Waals surface area contributed by atoms with Crippen LogP contribution in [0.15, 0.2) is 52.6 Å². The fraction of sp³-hybridized carbons (Fsp3) is 0.211. The van der Waals surface area contributed by atoms with E-state index in [9.17, 15) is 9.90 Å². The number of phenolic OH excluding ortho intramolecular Hbond substituents is 1. The van der Waals surface area contributed by atoms with E-state index in [1.165, 1.54) is 17.1 Å². The van der Waals surface area contributed by atoms with Gasteiger partial charge in [-0.15, -0.1) is 10.2 Å². The molecule has 0 bridgehead atoms. The molecule has 0 fully saturated rings. The maximum atomic E-state index is 12.9. The van der Waals surface area contributed by atoms with E-state index in [-0.39, 0.29) is 17.1 Å². The summed E-state index contributed by atoms with van der Waals surface area (Å²) in [6.45, 7) is 5.70. The average molecular weight is 362 g/mol. The third-order valence-corrected chi connectivity index (χ3v) is 4.27. The summed E-state index contributed by atoms with van der Waals surface area (Å²) in [5.41, 5.74) is 0.00819. The predicted molar refractivity (Wildman–Crippen MR) is 102 cm³/mol. The van der Waals surface area contributed by atoms with Crippen molar-refractivity contribution in [3.8, 4) is 5.75 Å². The predicted octanol–water partition coefficient (Wildman–Crippen LogP) is 2.32. The Morgan fingerprint density at radius 2 is 1.93 bits per heavy atom. The number of nitrogens with zero attached hydrogens (tertiary/aromatic N) is 6. The van der Waals surface area contributed by atoms with Crippen molar-refractivity contribution < 1.29 is 5.11 Å². The molecule has 8 nitrogen and oxygen atoms in total. The lowest BCUT2D eigenvalue weighted by Crippen LogP contribution is -2.33. The second-order valence-electron chi connectivity index (χ2n) is 7.26. The number of benzene rings is 2. The van der Waals surface area contributed by atoms with E-state index in [0.29, 0.717) is 11.3 Å². The first-order valence-electron chi connectivity index (χ1n) is 8.45. The Morgan fingerprint density at radius 1 is 1.15 bits per heavy atom. The molecule has 0 unspecified atom stereocenters. The highest BCUT2D eigenvalue weighted by atomic mass is 16.3. The number of aromatic nitrogens is 5. The maximum Gasteiger partial charge on any atom is 0.298 e. The van der Waals surface area contributed by atoms with Gasteiger partial charge in [0.25, 0.3) is 11.3 Å². The first-order chi connectivity index (χ1) is 12.9. The van der Waals surface area contributed by atoms with Crippen LogP contribution in [0.4, 0.5) is 0 Å². The van der Waals surface area contributed by atoms with Crippen molar-refractivity contribution in [1.29, 1.82) is 0 Å². The van der Waals surface area contributed by atoms with E-state index in [2.05, 4.69) is 20.4 Å². The maximum absolute atomic E-state index is 12.9. The van der Waals surface area contributed by atoms with Gasteiger partial charge in [0, 0.05) is 11.0 Å². The van der Waals surface area contributed by atoms with Gasteiger partial charge >= 0.3 is 0 Å². The molecule has 4 rings (SSSR count). The SMILES string of the molecule is CC(C)(C)c1nn2cnnc2n(N=Cc2c(O)ccc3ccccc23)c1=O. The fourth-order valence-electron chi connectivity index (χ4n) is 2.89. The van der Waals surface area contributed by atoms with E-state index >= 15 is 0 Å². The van der Waals surface area contributed by atoms with Crippen LogP contribution < -0.4 is 5.56 Å². The van der Waals surface area contributed by atoms with Gasteiger partial charge in [-0.3, -0.25) is 4.79 Å². The molecule has 0 amide bonds. The second-order valence-corrected chi connectivity index (χ2v) is 7.26. The third kappa shape index (κ3) is 2.84. The van der Waals surface area contributed by atoms with Crippen molar-refractivity contribution in [2.45, 2.75) is 26.2 Å². The standard InChI is InChI=1S/C19H18N6O2/c1-19(2,3)16-17(27)25(18-22-20-11-24(18)23-16)21-10-14-13-7-5-4-6-12(13)8-9-15(14)26/h4-11,26H,1-3H3. The largest absolute Gasteiger partial charge is 0.507 e. The van der Waals surface area contributed by atoms with Crippen LogP contribution in [0.2, 0.25) is 0 Å². The first kappa shape index (κ1) is 16.9. The van der Waals surface area contributed by atoms with Crippen LogP contribution in [0.5, 0.6) is 5.75 Å². The minimum atomic E-state index is -0.478. The molecule has 2 heterocycles. The van der Waals surface area contributed by atoms with Crippen molar-refractivity contribution >= 4 is 22.8 Å². The van der Waals surface area contributed by atoms with Crippen LogP contribution in [0, 0.1) is 0 Å². The van der Waals surface area contributed by atoms with E-state index in [4.69, 9.17) is 0 Å². The second kappa shape index (κ2) is 6.01. The molecule has 1 N–H and O–H groups in total. The molecule has 0 radical (unpaired) electrons. The minimum absolute atomic E-state index is 0.0769. The summed E-state index contributed by atoms with van der Waals surface area (Å²) in [5, 5.41) is 28.5. The van der Waals surface area contributed by atoms with E-state index < -0.39 is 5.41 Å². The van der Waals surface area contributed by atoms with Gasteiger partial charge in [-0.2, -0.15) is 19.4 Å². The molecule has 4 aromatic rings. The van der Waals surface area contributed by atoms with Crippen LogP contribution in [0.3, 0.4) is 0 Å². The molecular formula is C19H18N6O2. The van der Waals surface area contributed by atoms with E-state index in [0.717, 1.165) is 15.4 Å². The van der Waals surface area contributed by atoms with E-state index in [1.807, 2.05) is 51.1 Å². The van der Waals surface area contributed by atoms with Crippen LogP contribution in [-0.4, -0.2) is 35.8 Å². The summed E-state index contributed by atoms with van der Waals surface area (Å²) in [4.78, 5) is 12.9. The van der Waals surface area contributed by atoms with Crippen molar-refractivity contribution in [3.63, 3.8) is 0 Å². The molecule has 0 atom stereocenters. The topological polar surface area (TPSA) is 97.7 Å². The van der Waals surface area contributed by atoms with E-state index in [1.54, 1.807) is 6.07 Å². The van der Waals surface area contributed by atoms with Crippen molar-refractivity contribution in [3.05, 3.63) is 64.3 Å². The highest BCUT2D eigenvalue weighted by molar-refractivity contribution is 6.02. The first-order valence-corrected chi connectivity index (χ1v) is 8.45. The lowest BCUT2D eigenvalue weighted by Gasteiger charge is -2.16. The van der Waals surface area contributed by atoms with Gasteiger partial charge in [-0.1, -0.05) is 51.1 Å². The average Bonchev–Trinajstić information content (AvgIpc) is 3.09. The van der Waals surface area contributed by atoms with Gasteiger partial charge in [0.1, 0.15) is 17.8 Å². The summed E-state index contributed by atoms with van der Waals surface area (Å²) < 4.78 is 2.57. The summed E-state index contributed by atoms with van der Waals surface area (Å²) >= 11 is 0. The Morgan fingerprint density at radius 3 is 2.70 bits per heavy atom. The molecular weight excluding hydrogens is 344 g/mol. The zero-order chi connectivity index (χ0) is 19.2. The lowest BCUT2D eigenvalue weighted by atomic mass is 9.93. The monoisotopic (exact) mass is 362 g/mol. The molecule has 2 aromatic heterocycles. The molecule has 0 spiro atoms. The van der Waals surface area contributed by atoms with Crippen molar-refractivity contribution in [2.75, 3.05) is 0 Å². The number of hydrogen-bond donors (Lipinski definition) is 1. The Bertz CT molecular complexity index is 1250. The molecule has 2 aromatic carbocycles. The molecule has 0 aliphatic heterocycles. The highest BCUT2D eigenvalue weighted by Crippen LogP contribution is 2.25. The van der Waals surface area contributed by atoms with Gasteiger partial charge in [0.15, 0.2) is 0 Å². The molecule has 0 saturated heterocycles.